The zero-order chi connectivity index (χ0) is 5.98. The third kappa shape index (κ3) is 2.06. The van der Waals surface area contributed by atoms with Gasteiger partial charge in [-0.3, -0.25) is 0 Å². The predicted octanol–water partition coefficient (Wildman–Crippen LogP) is 1.41. The molecule has 0 aromatic rings. The van der Waals surface area contributed by atoms with Crippen LogP contribution < -0.4 is 0 Å². The number of hydrogen-bond acceptors (Lipinski definition) is 2. The largest absolute Gasteiger partial charge is 0.476 e. The first kappa shape index (κ1) is 8.50. The van der Waals surface area contributed by atoms with Gasteiger partial charge in [0.15, 0.2) is 0 Å². The molecular formula is C6H10ClNO. The molecule has 0 aromatic heterocycles. The van der Waals surface area contributed by atoms with Gasteiger partial charge in [0.25, 0.3) is 0 Å². The molecule has 0 aliphatic carbocycles. The molecule has 0 aromatic carbocycles. The van der Waals surface area contributed by atoms with Crippen LogP contribution >= 0.6 is 12.4 Å². The lowest BCUT2D eigenvalue weighted by atomic mass is 10.4. The van der Waals surface area contributed by atoms with Crippen molar-refractivity contribution in [2.75, 3.05) is 13.2 Å². The number of ether oxygens (including phenoxy) is 1. The Morgan fingerprint density at radius 2 is 2.44 bits per heavy atom. The first-order valence-corrected chi connectivity index (χ1v) is 2.64. The number of halogens is 1. The highest BCUT2D eigenvalue weighted by Gasteiger charge is 2.05. The summed E-state index contributed by atoms with van der Waals surface area (Å²) in [6.07, 6.45) is 0. The van der Waals surface area contributed by atoms with Crippen LogP contribution in [-0.2, 0) is 4.74 Å². The minimum absolute atomic E-state index is 0. The predicted molar refractivity (Wildman–Crippen MR) is 40.3 cm³/mol. The lowest BCUT2D eigenvalue weighted by Crippen LogP contribution is -1.97. The Morgan fingerprint density at radius 1 is 1.78 bits per heavy atom. The van der Waals surface area contributed by atoms with Crippen molar-refractivity contribution in [2.24, 2.45) is 4.99 Å². The van der Waals surface area contributed by atoms with E-state index in [-0.39, 0.29) is 12.4 Å². The lowest BCUT2D eigenvalue weighted by molar-refractivity contribution is 0.347. The first-order valence-electron chi connectivity index (χ1n) is 2.64. The Kier molecular flexibility index (Phi) is 3.32. The molecule has 1 heterocycles. The van der Waals surface area contributed by atoms with Gasteiger partial charge in [-0.25, -0.2) is 4.99 Å². The highest BCUT2D eigenvalue weighted by molar-refractivity contribution is 5.93. The summed E-state index contributed by atoms with van der Waals surface area (Å²) in [6, 6.07) is 0. The maximum absolute atomic E-state index is 5.06. The summed E-state index contributed by atoms with van der Waals surface area (Å²) in [4.78, 5) is 4.03. The topological polar surface area (TPSA) is 21.6 Å². The molecule has 0 unspecified atom stereocenters. The van der Waals surface area contributed by atoms with E-state index >= 15 is 0 Å². The van der Waals surface area contributed by atoms with E-state index in [4.69, 9.17) is 4.74 Å². The van der Waals surface area contributed by atoms with Crippen LogP contribution in [0.5, 0.6) is 0 Å². The summed E-state index contributed by atoms with van der Waals surface area (Å²) >= 11 is 0. The molecule has 0 N–H and O–H groups in total. The molecule has 0 saturated carbocycles. The highest BCUT2D eigenvalue weighted by atomic mass is 35.5. The Hall–Kier alpha value is -0.500. The van der Waals surface area contributed by atoms with Gasteiger partial charge in [0.2, 0.25) is 5.90 Å². The number of hydrogen-bond donors (Lipinski definition) is 0. The number of rotatable bonds is 1. The summed E-state index contributed by atoms with van der Waals surface area (Å²) in [5.74, 6) is 0.727. The molecular weight excluding hydrogens is 138 g/mol. The standard InChI is InChI=1S/C6H9NO.ClH/c1-5(2)6-7-3-4-8-6;/h1,3-4H2,2H3;1H. The second-order valence-corrected chi connectivity index (χ2v) is 1.82. The second kappa shape index (κ2) is 3.51. The molecule has 1 aliphatic rings. The van der Waals surface area contributed by atoms with Gasteiger partial charge in [0.1, 0.15) is 6.61 Å². The maximum atomic E-state index is 5.06. The molecule has 0 radical (unpaired) electrons. The summed E-state index contributed by atoms with van der Waals surface area (Å²) in [5, 5.41) is 0. The van der Waals surface area contributed by atoms with Gasteiger partial charge < -0.3 is 4.74 Å². The van der Waals surface area contributed by atoms with Gasteiger partial charge in [-0.05, 0) is 6.92 Å². The van der Waals surface area contributed by atoms with Crippen LogP contribution in [-0.4, -0.2) is 19.0 Å². The van der Waals surface area contributed by atoms with E-state index in [1.165, 1.54) is 0 Å². The van der Waals surface area contributed by atoms with Crippen LogP contribution in [0.25, 0.3) is 0 Å². The molecule has 3 heteroatoms. The molecule has 0 amide bonds. The van der Waals surface area contributed by atoms with E-state index in [1.807, 2.05) is 6.92 Å². The van der Waals surface area contributed by atoms with E-state index in [0.29, 0.717) is 0 Å². The van der Waals surface area contributed by atoms with Crippen LogP contribution in [0, 0.1) is 0 Å². The fourth-order valence-electron chi connectivity index (χ4n) is 0.593. The highest BCUT2D eigenvalue weighted by Crippen LogP contribution is 2.00. The molecule has 2 nitrogen and oxygen atoms in total. The normalized spacial score (nSPS) is 15.4. The Labute approximate surface area is 61.0 Å². The Balaban J connectivity index is 0.000000640. The lowest BCUT2D eigenvalue weighted by Gasteiger charge is -1.95. The quantitative estimate of drug-likeness (QED) is 0.550. The van der Waals surface area contributed by atoms with Gasteiger partial charge in [-0.1, -0.05) is 6.58 Å². The fraction of sp³-hybridized carbons (Fsp3) is 0.500. The van der Waals surface area contributed by atoms with Crippen molar-refractivity contribution in [3.8, 4) is 0 Å². The van der Waals surface area contributed by atoms with Crippen LogP contribution in [0.3, 0.4) is 0 Å². The third-order valence-corrected chi connectivity index (χ3v) is 0.951. The molecule has 1 aliphatic heterocycles. The molecule has 0 fully saturated rings. The van der Waals surface area contributed by atoms with E-state index in [0.717, 1.165) is 24.6 Å². The monoisotopic (exact) mass is 147 g/mol. The average Bonchev–Trinajstić information content (AvgIpc) is 2.12. The van der Waals surface area contributed by atoms with Gasteiger partial charge in [0.05, 0.1) is 6.54 Å². The molecule has 9 heavy (non-hydrogen) atoms. The summed E-state index contributed by atoms with van der Waals surface area (Å²) < 4.78 is 5.06. The van der Waals surface area contributed by atoms with E-state index in [9.17, 15) is 0 Å². The van der Waals surface area contributed by atoms with Crippen molar-refractivity contribution >= 4 is 18.3 Å². The van der Waals surface area contributed by atoms with Crippen molar-refractivity contribution in [1.29, 1.82) is 0 Å². The van der Waals surface area contributed by atoms with Crippen molar-refractivity contribution in [2.45, 2.75) is 6.92 Å². The third-order valence-electron chi connectivity index (χ3n) is 0.951. The maximum Gasteiger partial charge on any atom is 0.211 e. The zero-order valence-electron chi connectivity index (χ0n) is 5.39. The van der Waals surface area contributed by atoms with Gasteiger partial charge >= 0.3 is 0 Å². The van der Waals surface area contributed by atoms with E-state index < -0.39 is 0 Å². The molecule has 52 valence electrons. The van der Waals surface area contributed by atoms with E-state index in [2.05, 4.69) is 11.6 Å². The minimum atomic E-state index is 0. The van der Waals surface area contributed by atoms with Crippen LogP contribution in [0.2, 0.25) is 0 Å². The molecule has 0 saturated heterocycles. The van der Waals surface area contributed by atoms with Crippen molar-refractivity contribution in [3.05, 3.63) is 12.2 Å². The Bertz CT molecular complexity index is 142. The van der Waals surface area contributed by atoms with Gasteiger partial charge in [-0.2, -0.15) is 0 Å². The molecule has 0 spiro atoms. The molecule has 0 atom stereocenters. The number of nitrogens with zero attached hydrogens (tertiary/aromatic N) is 1. The molecule has 0 bridgehead atoms. The smallest absolute Gasteiger partial charge is 0.211 e. The van der Waals surface area contributed by atoms with Crippen LogP contribution in [0.15, 0.2) is 17.1 Å². The molecule has 1 rings (SSSR count). The van der Waals surface area contributed by atoms with Gasteiger partial charge in [-0.15, -0.1) is 12.4 Å². The SMILES string of the molecule is C=C(C)C1=NCCO1.Cl. The zero-order valence-corrected chi connectivity index (χ0v) is 6.20. The van der Waals surface area contributed by atoms with E-state index in [1.54, 1.807) is 0 Å². The van der Waals surface area contributed by atoms with Crippen molar-refractivity contribution in [3.63, 3.8) is 0 Å². The fourth-order valence-corrected chi connectivity index (χ4v) is 0.593. The Morgan fingerprint density at radius 3 is 2.67 bits per heavy atom. The summed E-state index contributed by atoms with van der Waals surface area (Å²) in [7, 11) is 0. The van der Waals surface area contributed by atoms with Crippen molar-refractivity contribution < 1.29 is 4.74 Å². The second-order valence-electron chi connectivity index (χ2n) is 1.82. The first-order chi connectivity index (χ1) is 3.80. The van der Waals surface area contributed by atoms with Gasteiger partial charge in [0, 0.05) is 5.57 Å². The minimum Gasteiger partial charge on any atom is -0.476 e. The van der Waals surface area contributed by atoms with Crippen LogP contribution in [0.4, 0.5) is 0 Å². The summed E-state index contributed by atoms with van der Waals surface area (Å²) in [6.45, 7) is 7.09. The van der Waals surface area contributed by atoms with Crippen molar-refractivity contribution in [1.82, 2.24) is 0 Å². The number of aliphatic imine (C=N–C) groups is 1. The van der Waals surface area contributed by atoms with Crippen LogP contribution in [0.1, 0.15) is 6.92 Å². The summed E-state index contributed by atoms with van der Waals surface area (Å²) in [5.41, 5.74) is 0.919. The average molecular weight is 148 g/mol.